The molecule has 3 fully saturated rings. The molecule has 0 spiro atoms. The Morgan fingerprint density at radius 1 is 1.00 bits per heavy atom. The molecule has 3 aromatic rings. The molecule has 9 nitrogen and oxygen atoms in total. The lowest BCUT2D eigenvalue weighted by atomic mass is 9.81. The first-order chi connectivity index (χ1) is 22.4. The van der Waals surface area contributed by atoms with E-state index in [1.54, 1.807) is 27.0 Å². The summed E-state index contributed by atoms with van der Waals surface area (Å²) in [6, 6.07) is 12.4. The molecule has 47 heavy (non-hydrogen) atoms. The highest BCUT2D eigenvalue weighted by Gasteiger charge is 2.64. The van der Waals surface area contributed by atoms with E-state index in [1.807, 2.05) is 18.2 Å². The number of aromatic nitrogens is 1. The fourth-order valence-corrected chi connectivity index (χ4v) is 9.23. The van der Waals surface area contributed by atoms with Gasteiger partial charge in [-0.1, -0.05) is 25.3 Å². The normalized spacial score (nSPS) is 26.4. The van der Waals surface area contributed by atoms with Gasteiger partial charge in [0, 0.05) is 59.7 Å². The van der Waals surface area contributed by atoms with Gasteiger partial charge in [0.2, 0.25) is 15.9 Å². The van der Waals surface area contributed by atoms with Crippen LogP contribution in [0.2, 0.25) is 0 Å². The van der Waals surface area contributed by atoms with Crippen molar-refractivity contribution in [1.82, 2.24) is 19.1 Å². The molecule has 2 aliphatic heterocycles. The number of nitrogens with zero attached hydrogens (tertiary/aromatic N) is 3. The number of methoxy groups -OCH3 is 1. The van der Waals surface area contributed by atoms with E-state index < -0.39 is 26.6 Å². The van der Waals surface area contributed by atoms with Crippen LogP contribution in [0.15, 0.2) is 36.4 Å². The quantitative estimate of drug-likeness (QED) is 0.355. The van der Waals surface area contributed by atoms with Gasteiger partial charge in [-0.3, -0.25) is 14.5 Å². The molecule has 10 heteroatoms. The van der Waals surface area contributed by atoms with E-state index >= 15 is 0 Å². The number of sulfonamides is 1. The number of fused-ring (bicyclic) bond motifs is 7. The van der Waals surface area contributed by atoms with Gasteiger partial charge in [-0.2, -0.15) is 0 Å². The summed E-state index contributed by atoms with van der Waals surface area (Å²) in [4.78, 5) is 32.6. The van der Waals surface area contributed by atoms with Gasteiger partial charge in [0.05, 0.1) is 23.5 Å². The molecule has 1 N–H and O–H groups in total. The number of carbonyl (C=O) groups is 2. The zero-order chi connectivity index (χ0) is 33.4. The minimum Gasteiger partial charge on any atom is -0.497 e. The van der Waals surface area contributed by atoms with Crippen LogP contribution >= 0.6 is 0 Å². The van der Waals surface area contributed by atoms with Crippen molar-refractivity contribution in [3.05, 3.63) is 53.1 Å². The average Bonchev–Trinajstić information content (AvgIpc) is 3.72. The second-order valence-corrected chi connectivity index (χ2v) is 17.1. The third-order valence-corrected chi connectivity index (χ3v) is 13.4. The molecule has 3 heterocycles. The van der Waals surface area contributed by atoms with Gasteiger partial charge in [0.1, 0.15) is 5.75 Å². The summed E-state index contributed by atoms with van der Waals surface area (Å²) in [5.41, 5.74) is 5.29. The molecule has 7 rings (SSSR count). The fourth-order valence-electron chi connectivity index (χ4n) is 8.61. The molecule has 2 amide bonds. The Morgan fingerprint density at radius 2 is 1.70 bits per heavy atom. The standard InChI is InChI=1S/C37H48N4O5S/c1-22(2)47(44,45)38-35(42)26-12-14-29-32(16-26)41-21-37(36(43)40-19-23(3)39(5)24(4)20-40)18-31(37)30-17-27(46-6)13-15-28(30)34(41)33(29)25-10-8-7-9-11-25/h12-17,22-25,31H,7-11,18-21H2,1-6H3,(H,38,42)/t23-,24+,31?,37?. The SMILES string of the molecule is COc1ccc2c(c1)C1CC1(C(=O)N1C[C@@H](C)N(C)[C@@H](C)C1)Cn1c-2c(C2CCCCC2)c2ccc(C(=O)NS(=O)(=O)C(C)C)cc21. The molecule has 2 saturated carbocycles. The Labute approximate surface area is 278 Å². The number of benzene rings is 2. The maximum atomic E-state index is 14.8. The first-order valence-electron chi connectivity index (χ1n) is 17.3. The largest absolute Gasteiger partial charge is 0.497 e. The van der Waals surface area contributed by atoms with Gasteiger partial charge in [0.25, 0.3) is 5.91 Å². The van der Waals surface area contributed by atoms with Crippen LogP contribution in [0.25, 0.3) is 22.2 Å². The Kier molecular flexibility index (Phi) is 7.98. The molecule has 2 aliphatic carbocycles. The molecule has 1 aromatic heterocycles. The number of carbonyl (C=O) groups excluding carboxylic acids is 2. The highest BCUT2D eigenvalue weighted by atomic mass is 32.2. The zero-order valence-corrected chi connectivity index (χ0v) is 29.3. The first kappa shape index (κ1) is 32.2. The predicted molar refractivity (Wildman–Crippen MR) is 184 cm³/mol. The summed E-state index contributed by atoms with van der Waals surface area (Å²) < 4.78 is 35.6. The monoisotopic (exact) mass is 660 g/mol. The number of amides is 2. The van der Waals surface area contributed by atoms with Crippen LogP contribution in [0, 0.1) is 5.41 Å². The highest BCUT2D eigenvalue weighted by molar-refractivity contribution is 7.90. The smallest absolute Gasteiger partial charge is 0.264 e. The third kappa shape index (κ3) is 5.26. The van der Waals surface area contributed by atoms with Gasteiger partial charge in [-0.05, 0) is 101 Å². The van der Waals surface area contributed by atoms with Crippen LogP contribution < -0.4 is 9.46 Å². The minimum atomic E-state index is -3.80. The summed E-state index contributed by atoms with van der Waals surface area (Å²) in [5.74, 6) is 0.771. The van der Waals surface area contributed by atoms with Crippen molar-refractivity contribution in [2.24, 2.45) is 5.41 Å². The summed E-state index contributed by atoms with van der Waals surface area (Å²) in [5, 5.41) is 0.351. The molecule has 4 aliphatic rings. The average molecular weight is 661 g/mol. The molecule has 4 atom stereocenters. The van der Waals surface area contributed by atoms with Gasteiger partial charge in [-0.15, -0.1) is 0 Å². The topological polar surface area (TPSA) is 101 Å². The van der Waals surface area contributed by atoms with Crippen LogP contribution in [-0.4, -0.2) is 79.2 Å². The van der Waals surface area contributed by atoms with Crippen molar-refractivity contribution in [3.8, 4) is 17.0 Å². The maximum Gasteiger partial charge on any atom is 0.264 e. The van der Waals surface area contributed by atoms with Crippen LogP contribution in [0.5, 0.6) is 5.75 Å². The molecular weight excluding hydrogens is 612 g/mol. The Morgan fingerprint density at radius 3 is 2.36 bits per heavy atom. The molecule has 0 bridgehead atoms. The van der Waals surface area contributed by atoms with Crippen LogP contribution in [0.4, 0.5) is 0 Å². The maximum absolute atomic E-state index is 14.8. The van der Waals surface area contributed by atoms with Crippen LogP contribution in [-0.2, 0) is 21.4 Å². The molecular formula is C37H48N4O5S. The van der Waals surface area contributed by atoms with Gasteiger partial charge in [-0.25, -0.2) is 13.1 Å². The minimum absolute atomic E-state index is 0.0576. The molecule has 2 unspecified atom stereocenters. The fraction of sp³-hybridized carbons (Fsp3) is 0.568. The Balaban J connectivity index is 1.42. The molecule has 2 aromatic carbocycles. The van der Waals surface area contributed by atoms with E-state index in [0.29, 0.717) is 31.1 Å². The Bertz CT molecular complexity index is 1850. The van der Waals surface area contributed by atoms with Crippen molar-refractivity contribution in [2.75, 3.05) is 27.2 Å². The van der Waals surface area contributed by atoms with Crippen molar-refractivity contribution in [2.45, 2.75) is 102 Å². The van der Waals surface area contributed by atoms with Crippen LogP contribution in [0.3, 0.4) is 0 Å². The van der Waals surface area contributed by atoms with E-state index in [4.69, 9.17) is 4.74 Å². The second-order valence-electron chi connectivity index (χ2n) is 14.9. The molecule has 0 radical (unpaired) electrons. The molecule has 1 saturated heterocycles. The lowest BCUT2D eigenvalue weighted by molar-refractivity contribution is -0.141. The van der Waals surface area contributed by atoms with Crippen molar-refractivity contribution < 1.29 is 22.7 Å². The van der Waals surface area contributed by atoms with Crippen LogP contribution in [0.1, 0.15) is 99.5 Å². The first-order valence-corrected chi connectivity index (χ1v) is 18.8. The summed E-state index contributed by atoms with van der Waals surface area (Å²) >= 11 is 0. The lowest BCUT2D eigenvalue weighted by Gasteiger charge is -2.43. The zero-order valence-electron chi connectivity index (χ0n) is 28.5. The van der Waals surface area contributed by atoms with E-state index in [9.17, 15) is 18.0 Å². The second kappa shape index (κ2) is 11.7. The van der Waals surface area contributed by atoms with Gasteiger partial charge < -0.3 is 14.2 Å². The number of likely N-dealkylation sites (N-methyl/N-ethyl adjacent to an activating group) is 1. The third-order valence-electron chi connectivity index (χ3n) is 11.7. The van der Waals surface area contributed by atoms with E-state index in [0.717, 1.165) is 52.7 Å². The number of hydrogen-bond acceptors (Lipinski definition) is 6. The summed E-state index contributed by atoms with van der Waals surface area (Å²) in [6.45, 7) is 9.38. The number of rotatable bonds is 6. The number of ether oxygens (including phenoxy) is 1. The van der Waals surface area contributed by atoms with Gasteiger partial charge in [0.15, 0.2) is 0 Å². The Hall–Kier alpha value is -3.37. The van der Waals surface area contributed by atoms with Gasteiger partial charge >= 0.3 is 0 Å². The number of hydrogen-bond donors (Lipinski definition) is 1. The number of piperazine rings is 1. The van der Waals surface area contributed by atoms with Crippen molar-refractivity contribution >= 4 is 32.7 Å². The predicted octanol–water partition coefficient (Wildman–Crippen LogP) is 5.87. The summed E-state index contributed by atoms with van der Waals surface area (Å²) in [6.07, 6.45) is 6.52. The lowest BCUT2D eigenvalue weighted by Crippen LogP contribution is -2.58. The highest BCUT2D eigenvalue weighted by Crippen LogP contribution is 2.66. The van der Waals surface area contributed by atoms with Crippen molar-refractivity contribution in [3.63, 3.8) is 0 Å². The molecule has 252 valence electrons. The van der Waals surface area contributed by atoms with E-state index in [2.05, 4.69) is 52.1 Å². The number of nitrogens with one attached hydrogen (secondary N) is 1. The van der Waals surface area contributed by atoms with Crippen molar-refractivity contribution in [1.29, 1.82) is 0 Å². The summed E-state index contributed by atoms with van der Waals surface area (Å²) in [7, 11) is 0.0204. The van der Waals surface area contributed by atoms with E-state index in [-0.39, 0.29) is 23.9 Å². The van der Waals surface area contributed by atoms with E-state index in [1.165, 1.54) is 24.8 Å².